The lowest BCUT2D eigenvalue weighted by molar-refractivity contribution is -0.384. The second kappa shape index (κ2) is 12.3. The van der Waals surface area contributed by atoms with E-state index in [1.807, 2.05) is 42.6 Å². The van der Waals surface area contributed by atoms with Crippen LogP contribution in [-0.2, 0) is 4.79 Å². The number of nitrogens with one attached hydrogen (secondary N) is 2. The molecule has 0 fully saturated rings. The highest BCUT2D eigenvalue weighted by molar-refractivity contribution is 8.00. The average Bonchev–Trinajstić information content (AvgIpc) is 3.40. The SMILES string of the molecule is CCC(Sc1cccc(NC(=O)c2cccc([N+](=O)[O-])c2)c1)C(=O)Nc1nc(-c2cccc(OC)c2)cs1. The monoisotopic (exact) mass is 548 g/mol. The first kappa shape index (κ1) is 26.8. The molecular formula is C27H24N4O5S2. The minimum absolute atomic E-state index is 0.158. The zero-order chi connectivity index (χ0) is 27.1. The first-order valence-electron chi connectivity index (χ1n) is 11.6. The summed E-state index contributed by atoms with van der Waals surface area (Å²) in [7, 11) is 1.61. The van der Waals surface area contributed by atoms with Gasteiger partial charge in [0.15, 0.2) is 5.13 Å². The van der Waals surface area contributed by atoms with Crippen LogP contribution >= 0.6 is 23.1 Å². The van der Waals surface area contributed by atoms with E-state index in [1.165, 1.54) is 47.4 Å². The molecule has 11 heteroatoms. The van der Waals surface area contributed by atoms with Crippen molar-refractivity contribution in [3.05, 3.63) is 93.9 Å². The van der Waals surface area contributed by atoms with E-state index in [0.717, 1.165) is 21.9 Å². The van der Waals surface area contributed by atoms with Gasteiger partial charge < -0.3 is 15.4 Å². The van der Waals surface area contributed by atoms with Crippen molar-refractivity contribution in [3.8, 4) is 17.0 Å². The lowest BCUT2D eigenvalue weighted by Gasteiger charge is -2.14. The molecule has 194 valence electrons. The molecular weight excluding hydrogens is 524 g/mol. The van der Waals surface area contributed by atoms with Gasteiger partial charge in [-0.15, -0.1) is 23.1 Å². The Hall–Kier alpha value is -4.22. The van der Waals surface area contributed by atoms with Crippen LogP contribution in [0.5, 0.6) is 5.75 Å². The number of benzene rings is 3. The molecule has 0 aliphatic carbocycles. The molecule has 0 aliphatic rings. The largest absolute Gasteiger partial charge is 0.497 e. The van der Waals surface area contributed by atoms with E-state index in [0.29, 0.717) is 17.2 Å². The van der Waals surface area contributed by atoms with Crippen molar-refractivity contribution in [1.29, 1.82) is 0 Å². The lowest BCUT2D eigenvalue weighted by atomic mass is 10.2. The van der Waals surface area contributed by atoms with E-state index >= 15 is 0 Å². The maximum absolute atomic E-state index is 13.0. The van der Waals surface area contributed by atoms with Gasteiger partial charge in [-0.2, -0.15) is 0 Å². The molecule has 0 aliphatic heterocycles. The first-order valence-corrected chi connectivity index (χ1v) is 13.4. The normalized spacial score (nSPS) is 11.4. The molecule has 0 saturated heterocycles. The highest BCUT2D eigenvalue weighted by atomic mass is 32.2. The van der Waals surface area contributed by atoms with Gasteiger partial charge in [-0.1, -0.05) is 31.2 Å². The van der Waals surface area contributed by atoms with Crippen LogP contribution in [0, 0.1) is 10.1 Å². The van der Waals surface area contributed by atoms with Gasteiger partial charge in [0, 0.05) is 39.2 Å². The third-order valence-electron chi connectivity index (χ3n) is 5.45. The number of rotatable bonds is 10. The summed E-state index contributed by atoms with van der Waals surface area (Å²) in [5, 5.41) is 18.7. The highest BCUT2D eigenvalue weighted by Crippen LogP contribution is 2.31. The Morgan fingerprint density at radius 3 is 2.63 bits per heavy atom. The van der Waals surface area contributed by atoms with Gasteiger partial charge in [-0.05, 0) is 42.8 Å². The Morgan fingerprint density at radius 2 is 1.87 bits per heavy atom. The van der Waals surface area contributed by atoms with Gasteiger partial charge >= 0.3 is 0 Å². The van der Waals surface area contributed by atoms with Crippen molar-refractivity contribution in [2.45, 2.75) is 23.5 Å². The van der Waals surface area contributed by atoms with Crippen molar-refractivity contribution in [2.75, 3.05) is 17.7 Å². The van der Waals surface area contributed by atoms with Crippen LogP contribution in [0.2, 0.25) is 0 Å². The number of nitrogens with zero attached hydrogens (tertiary/aromatic N) is 2. The van der Waals surface area contributed by atoms with Gasteiger partial charge in [0.1, 0.15) is 5.75 Å². The number of nitro benzene ring substituents is 1. The molecule has 2 amide bonds. The second-order valence-electron chi connectivity index (χ2n) is 8.06. The van der Waals surface area contributed by atoms with Crippen molar-refractivity contribution in [2.24, 2.45) is 0 Å². The predicted octanol–water partition coefficient (Wildman–Crippen LogP) is 6.49. The van der Waals surface area contributed by atoms with Gasteiger partial charge in [0.05, 0.1) is 23.0 Å². The average molecular weight is 549 g/mol. The number of hydrogen-bond acceptors (Lipinski definition) is 8. The fourth-order valence-electron chi connectivity index (χ4n) is 3.53. The maximum Gasteiger partial charge on any atom is 0.270 e. The Morgan fingerprint density at radius 1 is 1.08 bits per heavy atom. The standard InChI is InChI=1S/C27H24N4O5S2/c1-3-24(26(33)30-27-29-23(16-37-27)17-7-5-11-21(14-17)36-2)38-22-12-6-9-19(15-22)28-25(32)18-8-4-10-20(13-18)31(34)35/h4-16,24H,3H2,1-2H3,(H,28,32)(H,29,30,33). The molecule has 0 radical (unpaired) electrons. The number of ether oxygens (including phenoxy) is 1. The van der Waals surface area contributed by atoms with E-state index in [1.54, 1.807) is 25.3 Å². The highest BCUT2D eigenvalue weighted by Gasteiger charge is 2.20. The van der Waals surface area contributed by atoms with Crippen LogP contribution in [0.1, 0.15) is 23.7 Å². The number of methoxy groups -OCH3 is 1. The molecule has 4 rings (SSSR count). The Kier molecular flexibility index (Phi) is 8.72. The van der Waals surface area contributed by atoms with E-state index in [-0.39, 0.29) is 22.4 Å². The van der Waals surface area contributed by atoms with Crippen molar-refractivity contribution in [3.63, 3.8) is 0 Å². The minimum Gasteiger partial charge on any atom is -0.497 e. The molecule has 38 heavy (non-hydrogen) atoms. The number of anilines is 2. The van der Waals surface area contributed by atoms with Crippen LogP contribution in [0.25, 0.3) is 11.3 Å². The lowest BCUT2D eigenvalue weighted by Crippen LogP contribution is -2.24. The summed E-state index contributed by atoms with van der Waals surface area (Å²) in [6.45, 7) is 1.93. The molecule has 0 bridgehead atoms. The van der Waals surface area contributed by atoms with Crippen LogP contribution in [0.4, 0.5) is 16.5 Å². The molecule has 1 heterocycles. The fraction of sp³-hybridized carbons (Fsp3) is 0.148. The quantitative estimate of drug-likeness (QED) is 0.132. The summed E-state index contributed by atoms with van der Waals surface area (Å²) in [4.78, 5) is 41.4. The summed E-state index contributed by atoms with van der Waals surface area (Å²) >= 11 is 2.72. The van der Waals surface area contributed by atoms with Crippen LogP contribution < -0.4 is 15.4 Å². The number of carbonyl (C=O) groups excluding carboxylic acids is 2. The maximum atomic E-state index is 13.0. The summed E-state index contributed by atoms with van der Waals surface area (Å²) in [5.74, 6) is 0.0957. The topological polar surface area (TPSA) is 123 Å². The molecule has 1 atom stereocenters. The molecule has 2 N–H and O–H groups in total. The van der Waals surface area contributed by atoms with E-state index in [9.17, 15) is 19.7 Å². The number of thiazole rings is 1. The molecule has 1 aromatic heterocycles. The number of thioether (sulfide) groups is 1. The zero-order valence-corrected chi connectivity index (χ0v) is 22.2. The smallest absolute Gasteiger partial charge is 0.270 e. The third-order valence-corrected chi connectivity index (χ3v) is 7.57. The molecule has 3 aromatic carbocycles. The summed E-state index contributed by atoms with van der Waals surface area (Å²) in [6, 6.07) is 20.2. The molecule has 4 aromatic rings. The Balaban J connectivity index is 1.40. The fourth-order valence-corrected chi connectivity index (χ4v) is 5.27. The van der Waals surface area contributed by atoms with Crippen LogP contribution in [0.15, 0.2) is 83.1 Å². The van der Waals surface area contributed by atoms with Gasteiger partial charge in [0.25, 0.3) is 11.6 Å². The first-order chi connectivity index (χ1) is 18.4. The van der Waals surface area contributed by atoms with Gasteiger partial charge in [0.2, 0.25) is 5.91 Å². The van der Waals surface area contributed by atoms with Crippen molar-refractivity contribution < 1.29 is 19.2 Å². The zero-order valence-electron chi connectivity index (χ0n) is 20.5. The number of hydrogen-bond donors (Lipinski definition) is 2. The molecule has 9 nitrogen and oxygen atoms in total. The molecule has 0 saturated carbocycles. The summed E-state index contributed by atoms with van der Waals surface area (Å²) in [5.41, 5.74) is 2.18. The van der Waals surface area contributed by atoms with Gasteiger partial charge in [-0.25, -0.2) is 4.98 Å². The molecule has 1 unspecified atom stereocenters. The summed E-state index contributed by atoms with van der Waals surface area (Å²) < 4.78 is 5.27. The number of aromatic nitrogens is 1. The van der Waals surface area contributed by atoms with E-state index in [4.69, 9.17) is 4.74 Å². The van der Waals surface area contributed by atoms with Crippen molar-refractivity contribution >= 4 is 51.4 Å². The Labute approximate surface area is 227 Å². The van der Waals surface area contributed by atoms with Gasteiger partial charge in [-0.3, -0.25) is 19.7 Å². The third kappa shape index (κ3) is 6.75. The minimum atomic E-state index is -0.546. The van der Waals surface area contributed by atoms with Crippen LogP contribution in [-0.4, -0.2) is 34.1 Å². The summed E-state index contributed by atoms with van der Waals surface area (Å²) in [6.07, 6.45) is 0.578. The number of amides is 2. The van der Waals surface area contributed by atoms with E-state index < -0.39 is 10.8 Å². The predicted molar refractivity (Wildman–Crippen MR) is 150 cm³/mol. The van der Waals surface area contributed by atoms with E-state index in [2.05, 4.69) is 15.6 Å². The second-order valence-corrected chi connectivity index (χ2v) is 10.2. The number of carbonyl (C=O) groups is 2. The number of non-ortho nitro benzene ring substituents is 1. The van der Waals surface area contributed by atoms with Crippen molar-refractivity contribution in [1.82, 2.24) is 4.98 Å². The van der Waals surface area contributed by atoms with Crippen LogP contribution in [0.3, 0.4) is 0 Å². The Bertz CT molecular complexity index is 1470. The number of nitro groups is 1. The molecule has 0 spiro atoms.